The molecule has 0 spiro atoms. The molecule has 2 N–H and O–H groups in total. The maximum absolute atomic E-state index is 6.18. The van der Waals surface area contributed by atoms with Crippen LogP contribution < -0.4 is 15.2 Å². The van der Waals surface area contributed by atoms with Crippen molar-refractivity contribution in [2.75, 3.05) is 18.6 Å². The Hall–Kier alpha value is -0.870. The van der Waals surface area contributed by atoms with Crippen LogP contribution in [0.4, 0.5) is 0 Å². The first-order chi connectivity index (χ1) is 8.02. The van der Waals surface area contributed by atoms with E-state index in [2.05, 4.69) is 0 Å². The van der Waals surface area contributed by atoms with Crippen LogP contribution in [0.3, 0.4) is 0 Å². The molecule has 0 amide bonds. The van der Waals surface area contributed by atoms with E-state index < -0.39 is 5.54 Å². The van der Waals surface area contributed by atoms with Gasteiger partial charge in [-0.25, -0.2) is 0 Å². The van der Waals surface area contributed by atoms with Gasteiger partial charge in [-0.2, -0.15) is 11.8 Å². The molecule has 1 aliphatic rings. The van der Waals surface area contributed by atoms with E-state index >= 15 is 0 Å². The second kappa shape index (κ2) is 4.78. The summed E-state index contributed by atoms with van der Waals surface area (Å²) in [6.45, 7) is 3.95. The van der Waals surface area contributed by atoms with Crippen molar-refractivity contribution < 1.29 is 9.47 Å². The predicted octanol–water partition coefficient (Wildman–Crippen LogP) is 2.38. The zero-order chi connectivity index (χ0) is 12.5. The van der Waals surface area contributed by atoms with Crippen LogP contribution in [0, 0.1) is 0 Å². The lowest BCUT2D eigenvalue weighted by atomic mass is 9.94. The monoisotopic (exact) mass is 253 g/mol. The minimum absolute atomic E-state index is 0.289. The molecule has 1 aromatic rings. The van der Waals surface area contributed by atoms with E-state index in [1.165, 1.54) is 0 Å². The van der Waals surface area contributed by atoms with Gasteiger partial charge in [0.25, 0.3) is 0 Å². The van der Waals surface area contributed by atoms with Gasteiger partial charge in [0.05, 0.1) is 7.11 Å². The molecule has 3 nitrogen and oxygen atoms in total. The summed E-state index contributed by atoms with van der Waals surface area (Å²) in [7, 11) is 1.66. The number of hydrogen-bond donors (Lipinski definition) is 1. The van der Waals surface area contributed by atoms with Crippen molar-refractivity contribution in [1.29, 1.82) is 0 Å². The molecule has 0 aliphatic carbocycles. The summed E-state index contributed by atoms with van der Waals surface area (Å²) in [5.74, 6) is 3.65. The average Bonchev–Trinajstić information content (AvgIpc) is 2.21. The normalized spacial score (nSPS) is 16.5. The molecule has 94 valence electrons. The maximum Gasteiger partial charge on any atom is 0.166 e. The highest BCUT2D eigenvalue weighted by atomic mass is 32.2. The fourth-order valence-corrected chi connectivity index (χ4v) is 2.32. The van der Waals surface area contributed by atoms with Crippen LogP contribution in [-0.4, -0.2) is 24.7 Å². The van der Waals surface area contributed by atoms with Gasteiger partial charge >= 0.3 is 0 Å². The van der Waals surface area contributed by atoms with Crippen molar-refractivity contribution in [1.82, 2.24) is 0 Å². The van der Waals surface area contributed by atoms with Gasteiger partial charge in [0.15, 0.2) is 11.5 Å². The Bertz CT molecular complexity index is 397. The Kier molecular flexibility index (Phi) is 3.54. The van der Waals surface area contributed by atoms with E-state index in [0.29, 0.717) is 0 Å². The zero-order valence-electron chi connectivity index (χ0n) is 10.5. The first-order valence-electron chi connectivity index (χ1n) is 5.73. The summed E-state index contributed by atoms with van der Waals surface area (Å²) in [5.41, 5.74) is 6.74. The number of nitrogens with two attached hydrogens (primary N) is 1. The molecule has 4 heteroatoms. The third-order valence-electron chi connectivity index (χ3n) is 2.79. The van der Waals surface area contributed by atoms with Gasteiger partial charge < -0.3 is 15.2 Å². The van der Waals surface area contributed by atoms with Crippen LogP contribution in [-0.2, 0) is 5.54 Å². The summed E-state index contributed by atoms with van der Waals surface area (Å²) in [5, 5.41) is 0. The largest absolute Gasteiger partial charge is 0.493 e. The number of thioether (sulfide) groups is 1. The fourth-order valence-electron chi connectivity index (χ4n) is 1.75. The topological polar surface area (TPSA) is 44.5 Å². The van der Waals surface area contributed by atoms with E-state index in [4.69, 9.17) is 15.2 Å². The average molecular weight is 253 g/mol. The molecule has 1 aliphatic heterocycles. The standard InChI is InChI=1S/C13H19NO2S/c1-13(2,14)10-5-4-6-11(15-3)12(10)16-9-7-17-8-9/h4-6,9H,7-8,14H2,1-3H3. The molecule has 1 fully saturated rings. The van der Waals surface area contributed by atoms with E-state index in [0.717, 1.165) is 28.6 Å². The minimum Gasteiger partial charge on any atom is -0.493 e. The van der Waals surface area contributed by atoms with Gasteiger partial charge in [-0.05, 0) is 19.9 Å². The molecule has 1 heterocycles. The lowest BCUT2D eigenvalue weighted by Gasteiger charge is -2.30. The number of ether oxygens (including phenoxy) is 2. The number of hydrogen-bond acceptors (Lipinski definition) is 4. The van der Waals surface area contributed by atoms with Gasteiger partial charge in [0.2, 0.25) is 0 Å². The zero-order valence-corrected chi connectivity index (χ0v) is 11.3. The van der Waals surface area contributed by atoms with Crippen LogP contribution in [0.15, 0.2) is 18.2 Å². The van der Waals surface area contributed by atoms with Crippen LogP contribution in [0.5, 0.6) is 11.5 Å². The lowest BCUT2D eigenvalue weighted by Crippen LogP contribution is -2.34. The van der Waals surface area contributed by atoms with Crippen LogP contribution in [0.2, 0.25) is 0 Å². The number of rotatable bonds is 4. The van der Waals surface area contributed by atoms with Crippen LogP contribution in [0.25, 0.3) is 0 Å². The number of para-hydroxylation sites is 1. The van der Waals surface area contributed by atoms with Crippen LogP contribution in [0.1, 0.15) is 19.4 Å². The summed E-state index contributed by atoms with van der Waals surface area (Å²) in [6, 6.07) is 5.87. The first kappa shape index (κ1) is 12.6. The van der Waals surface area contributed by atoms with Crippen LogP contribution >= 0.6 is 11.8 Å². The fraction of sp³-hybridized carbons (Fsp3) is 0.538. The van der Waals surface area contributed by atoms with E-state index in [1.54, 1.807) is 7.11 Å². The Morgan fingerprint density at radius 2 is 2.06 bits per heavy atom. The third-order valence-corrected chi connectivity index (χ3v) is 4.00. The molecule has 1 saturated heterocycles. The van der Waals surface area contributed by atoms with Gasteiger partial charge in [-0.1, -0.05) is 12.1 Å². The third kappa shape index (κ3) is 2.69. The number of methoxy groups -OCH3 is 1. The Balaban J connectivity index is 2.36. The van der Waals surface area contributed by atoms with Gasteiger partial charge in [0, 0.05) is 22.6 Å². The molecule has 2 rings (SSSR count). The van der Waals surface area contributed by atoms with Crippen molar-refractivity contribution in [3.8, 4) is 11.5 Å². The summed E-state index contributed by atoms with van der Waals surface area (Å²) in [6.07, 6.45) is 0.289. The Morgan fingerprint density at radius 1 is 1.35 bits per heavy atom. The molecule has 17 heavy (non-hydrogen) atoms. The number of benzene rings is 1. The Labute approximate surface area is 107 Å². The SMILES string of the molecule is COc1cccc(C(C)(C)N)c1OC1CSC1. The highest BCUT2D eigenvalue weighted by molar-refractivity contribution is 8.00. The molecule has 0 atom stereocenters. The quantitative estimate of drug-likeness (QED) is 0.895. The van der Waals surface area contributed by atoms with Crippen molar-refractivity contribution in [2.24, 2.45) is 5.73 Å². The van der Waals surface area contributed by atoms with E-state index in [9.17, 15) is 0 Å². The van der Waals surface area contributed by atoms with Gasteiger partial charge in [0.1, 0.15) is 6.10 Å². The van der Waals surface area contributed by atoms with E-state index in [1.807, 2.05) is 43.8 Å². The molecule has 1 aromatic carbocycles. The van der Waals surface area contributed by atoms with Crippen molar-refractivity contribution >= 4 is 11.8 Å². The highest BCUT2D eigenvalue weighted by Gasteiger charge is 2.27. The molecule has 0 saturated carbocycles. The van der Waals surface area contributed by atoms with Crippen molar-refractivity contribution in [2.45, 2.75) is 25.5 Å². The summed E-state index contributed by atoms with van der Waals surface area (Å²) >= 11 is 1.89. The lowest BCUT2D eigenvalue weighted by molar-refractivity contribution is 0.222. The summed E-state index contributed by atoms with van der Waals surface area (Å²) in [4.78, 5) is 0. The van der Waals surface area contributed by atoms with E-state index in [-0.39, 0.29) is 6.10 Å². The molecule has 0 aromatic heterocycles. The van der Waals surface area contributed by atoms with Crippen molar-refractivity contribution in [3.63, 3.8) is 0 Å². The minimum atomic E-state index is -0.430. The predicted molar refractivity (Wildman–Crippen MR) is 71.9 cm³/mol. The summed E-state index contributed by atoms with van der Waals surface area (Å²) < 4.78 is 11.4. The van der Waals surface area contributed by atoms with Gasteiger partial charge in [-0.15, -0.1) is 0 Å². The molecule has 0 bridgehead atoms. The smallest absolute Gasteiger partial charge is 0.166 e. The molecule has 0 radical (unpaired) electrons. The Morgan fingerprint density at radius 3 is 2.53 bits per heavy atom. The first-order valence-corrected chi connectivity index (χ1v) is 6.88. The second-order valence-electron chi connectivity index (χ2n) is 4.84. The molecule has 0 unspecified atom stereocenters. The second-order valence-corrected chi connectivity index (χ2v) is 5.91. The molecular formula is C13H19NO2S. The van der Waals surface area contributed by atoms with Crippen molar-refractivity contribution in [3.05, 3.63) is 23.8 Å². The maximum atomic E-state index is 6.18. The van der Waals surface area contributed by atoms with Gasteiger partial charge in [-0.3, -0.25) is 0 Å². The highest BCUT2D eigenvalue weighted by Crippen LogP contribution is 2.38. The molecular weight excluding hydrogens is 234 g/mol.